The molecular weight excluding hydrogens is 395 g/mol. The highest BCUT2D eigenvalue weighted by atomic mass is 31.2. The van der Waals surface area contributed by atoms with E-state index < -0.39 is 13.9 Å². The molecule has 2 N–H and O–H groups in total. The van der Waals surface area contributed by atoms with E-state index in [2.05, 4.69) is 0 Å². The lowest BCUT2D eigenvalue weighted by molar-refractivity contribution is 0.0502. The summed E-state index contributed by atoms with van der Waals surface area (Å²) in [6.45, 7) is 7.70. The summed E-state index contributed by atoms with van der Waals surface area (Å²) in [5.41, 5.74) is 3.31. The van der Waals surface area contributed by atoms with Gasteiger partial charge in [0, 0.05) is 18.2 Å². The highest BCUT2D eigenvalue weighted by Gasteiger charge is 2.20. The van der Waals surface area contributed by atoms with Gasteiger partial charge in [-0.05, 0) is 66.8 Å². The Hall–Kier alpha value is -2.18. The number of rotatable bonds is 9. The van der Waals surface area contributed by atoms with Crippen molar-refractivity contribution in [2.75, 3.05) is 20.3 Å². The molecule has 0 atom stereocenters. The van der Waals surface area contributed by atoms with Gasteiger partial charge in [0.15, 0.2) is 18.9 Å². The zero-order chi connectivity index (χ0) is 21.8. The average molecular weight is 422 g/mol. The molecule has 0 aliphatic rings. The van der Waals surface area contributed by atoms with E-state index in [9.17, 15) is 9.36 Å². The molecule has 0 saturated heterocycles. The van der Waals surface area contributed by atoms with Crippen LogP contribution in [0, 0.1) is 13.8 Å². The number of ether oxygens (including phenoxy) is 3. The van der Waals surface area contributed by atoms with E-state index in [0.29, 0.717) is 33.8 Å². The lowest BCUT2D eigenvalue weighted by Gasteiger charge is -2.16. The third kappa shape index (κ3) is 6.15. The van der Waals surface area contributed by atoms with Crippen LogP contribution >= 0.6 is 7.60 Å². The van der Waals surface area contributed by atoms with Crippen LogP contribution in [-0.4, -0.2) is 35.8 Å². The molecule has 0 bridgehead atoms. The van der Waals surface area contributed by atoms with Crippen LogP contribution in [0.5, 0.6) is 11.5 Å². The summed E-state index contributed by atoms with van der Waals surface area (Å²) < 4.78 is 26.7. The highest BCUT2D eigenvalue weighted by molar-refractivity contribution is 7.51. The van der Waals surface area contributed by atoms with Crippen molar-refractivity contribution in [2.24, 2.45) is 0 Å². The predicted octanol–water partition coefficient (Wildman–Crippen LogP) is 4.15. The van der Waals surface area contributed by atoms with Gasteiger partial charge in [0.1, 0.15) is 11.5 Å². The zero-order valence-electron chi connectivity index (χ0n) is 17.3. The topological polar surface area (TPSA) is 102 Å². The van der Waals surface area contributed by atoms with Crippen LogP contribution in [0.1, 0.15) is 52.4 Å². The molecule has 0 heterocycles. The molecule has 0 amide bonds. The van der Waals surface area contributed by atoms with Crippen LogP contribution in [0.2, 0.25) is 0 Å². The van der Waals surface area contributed by atoms with Gasteiger partial charge in [-0.3, -0.25) is 9.36 Å². The smallest absolute Gasteiger partial charge is 0.362 e. The highest BCUT2D eigenvalue weighted by Crippen LogP contribution is 2.35. The fourth-order valence-corrected chi connectivity index (χ4v) is 3.38. The Bertz CT molecular complexity index is 908. The Kier molecular flexibility index (Phi) is 7.60. The van der Waals surface area contributed by atoms with E-state index in [-0.39, 0.29) is 18.5 Å². The number of benzene rings is 2. The predicted molar refractivity (Wildman–Crippen MR) is 110 cm³/mol. The molecule has 8 heteroatoms. The van der Waals surface area contributed by atoms with Crippen LogP contribution in [0.3, 0.4) is 0 Å². The van der Waals surface area contributed by atoms with Gasteiger partial charge >= 0.3 is 7.60 Å². The largest absolute Gasteiger partial charge is 0.481 e. The van der Waals surface area contributed by atoms with Crippen LogP contribution in [0.15, 0.2) is 30.3 Å². The van der Waals surface area contributed by atoms with Crippen molar-refractivity contribution in [3.63, 3.8) is 0 Å². The molecule has 7 nitrogen and oxygen atoms in total. The third-order valence-corrected chi connectivity index (χ3v) is 4.82. The van der Waals surface area contributed by atoms with Crippen LogP contribution in [0.25, 0.3) is 0 Å². The van der Waals surface area contributed by atoms with Crippen molar-refractivity contribution < 1.29 is 33.4 Å². The van der Waals surface area contributed by atoms with Crippen molar-refractivity contribution in [3.8, 4) is 11.5 Å². The van der Waals surface area contributed by atoms with Gasteiger partial charge in [0.05, 0.1) is 0 Å². The number of carbonyl (C=O) groups is 1. The molecule has 2 aromatic carbocycles. The van der Waals surface area contributed by atoms with Gasteiger partial charge in [0.25, 0.3) is 0 Å². The van der Waals surface area contributed by atoms with Gasteiger partial charge in [0.2, 0.25) is 0 Å². The first-order valence-electron chi connectivity index (χ1n) is 9.12. The van der Waals surface area contributed by atoms with E-state index in [1.54, 1.807) is 45.2 Å². The Morgan fingerprint density at radius 3 is 2.21 bits per heavy atom. The molecule has 158 valence electrons. The van der Waals surface area contributed by atoms with Crippen LogP contribution in [-0.2, 0) is 9.30 Å². The quantitative estimate of drug-likeness (QED) is 0.355. The van der Waals surface area contributed by atoms with Crippen LogP contribution in [0.4, 0.5) is 0 Å². The molecule has 0 saturated carbocycles. The zero-order valence-corrected chi connectivity index (χ0v) is 18.2. The van der Waals surface area contributed by atoms with Gasteiger partial charge in [-0.1, -0.05) is 13.8 Å². The number of hydrogen-bond acceptors (Lipinski definition) is 5. The first-order valence-corrected chi connectivity index (χ1v) is 10.9. The molecule has 2 aromatic rings. The van der Waals surface area contributed by atoms with Gasteiger partial charge in [-0.15, -0.1) is 0 Å². The summed E-state index contributed by atoms with van der Waals surface area (Å²) in [7, 11) is -2.73. The molecule has 2 rings (SSSR count). The number of hydrogen-bond donors (Lipinski definition) is 2. The number of ketones is 1. The Morgan fingerprint density at radius 2 is 1.69 bits per heavy atom. The summed E-state index contributed by atoms with van der Waals surface area (Å²) in [4.78, 5) is 31.1. The van der Waals surface area contributed by atoms with Crippen molar-refractivity contribution in [3.05, 3.63) is 58.1 Å². The lowest BCUT2D eigenvalue weighted by Crippen LogP contribution is -2.09. The van der Waals surface area contributed by atoms with E-state index >= 15 is 0 Å². The number of methoxy groups -OCH3 is 1. The second-order valence-corrected chi connectivity index (χ2v) is 8.75. The molecule has 0 unspecified atom stereocenters. The van der Waals surface area contributed by atoms with E-state index in [4.69, 9.17) is 24.0 Å². The Balaban J connectivity index is 2.36. The van der Waals surface area contributed by atoms with Crippen molar-refractivity contribution in [1.82, 2.24) is 0 Å². The summed E-state index contributed by atoms with van der Waals surface area (Å²) in [5, 5.41) is 0. The second kappa shape index (κ2) is 9.55. The van der Waals surface area contributed by atoms with Gasteiger partial charge in [-0.2, -0.15) is 0 Å². The monoisotopic (exact) mass is 422 g/mol. The van der Waals surface area contributed by atoms with Crippen molar-refractivity contribution >= 4 is 13.4 Å². The van der Waals surface area contributed by atoms with E-state index in [0.717, 1.165) is 5.56 Å². The molecule has 0 aromatic heterocycles. The summed E-state index contributed by atoms with van der Waals surface area (Å²) >= 11 is 0. The molecule has 0 fully saturated rings. The summed E-state index contributed by atoms with van der Waals surface area (Å²) in [6.07, 6.45) is -0.708. The Labute approximate surface area is 170 Å². The SMILES string of the molecule is COCOc1ccc(C(=O)c2c(C)cc(OCP(=O)(O)O)cc2C)cc1C(C)C. The molecule has 0 aliphatic heterocycles. The Morgan fingerprint density at radius 1 is 1.07 bits per heavy atom. The minimum absolute atomic E-state index is 0.126. The maximum absolute atomic E-state index is 13.2. The maximum atomic E-state index is 13.2. The summed E-state index contributed by atoms with van der Waals surface area (Å²) in [6, 6.07) is 8.53. The number of aryl methyl sites for hydroxylation is 2. The number of carbonyl (C=O) groups excluding carboxylic acids is 1. The molecule has 0 spiro atoms. The standard InChI is InChI=1S/C21H27O7P/c1-13(2)18-10-16(6-7-19(18)27-11-26-5)21(22)20-14(3)8-17(9-15(20)4)28-12-29(23,24)25/h6-10,13H,11-12H2,1-5H3,(H2,23,24,25). The first kappa shape index (κ1) is 23.1. The van der Waals surface area contributed by atoms with Crippen LogP contribution < -0.4 is 9.47 Å². The molecule has 29 heavy (non-hydrogen) atoms. The van der Waals surface area contributed by atoms with Crippen molar-refractivity contribution in [2.45, 2.75) is 33.6 Å². The molecule has 0 radical (unpaired) electrons. The average Bonchev–Trinajstić information content (AvgIpc) is 2.63. The fraction of sp³-hybridized carbons (Fsp3) is 0.381. The first-order chi connectivity index (χ1) is 13.5. The molecular formula is C21H27O7P. The van der Waals surface area contributed by atoms with Gasteiger partial charge < -0.3 is 24.0 Å². The van der Waals surface area contributed by atoms with Crippen molar-refractivity contribution in [1.29, 1.82) is 0 Å². The molecule has 0 aliphatic carbocycles. The van der Waals surface area contributed by atoms with E-state index in [1.807, 2.05) is 19.9 Å². The second-order valence-electron chi connectivity index (χ2n) is 7.16. The summed E-state index contributed by atoms with van der Waals surface area (Å²) in [5.74, 6) is 1.00. The minimum Gasteiger partial charge on any atom is -0.481 e. The maximum Gasteiger partial charge on any atom is 0.362 e. The lowest BCUT2D eigenvalue weighted by atomic mass is 9.92. The normalized spacial score (nSPS) is 11.6. The fourth-order valence-electron chi connectivity index (χ4n) is 3.06. The van der Waals surface area contributed by atoms with Gasteiger partial charge in [-0.25, -0.2) is 0 Å². The van der Waals surface area contributed by atoms with E-state index in [1.165, 1.54) is 0 Å². The minimum atomic E-state index is -4.28. The third-order valence-electron chi connectivity index (χ3n) is 4.36.